The summed E-state index contributed by atoms with van der Waals surface area (Å²) in [7, 11) is 1.51. The zero-order chi connectivity index (χ0) is 13.4. The van der Waals surface area contributed by atoms with Crippen molar-refractivity contribution in [3.63, 3.8) is 0 Å². The quantitative estimate of drug-likeness (QED) is 0.893. The molecule has 1 aromatic rings. The van der Waals surface area contributed by atoms with E-state index in [0.717, 1.165) is 0 Å². The van der Waals surface area contributed by atoms with Crippen LogP contribution >= 0.6 is 11.6 Å². The van der Waals surface area contributed by atoms with E-state index in [4.69, 9.17) is 22.1 Å². The molecule has 0 spiro atoms. The van der Waals surface area contributed by atoms with E-state index in [2.05, 4.69) is 0 Å². The maximum absolute atomic E-state index is 13.2. The normalized spacial score (nSPS) is 21.6. The van der Waals surface area contributed by atoms with E-state index in [1.807, 2.05) is 0 Å². The van der Waals surface area contributed by atoms with Gasteiger partial charge in [-0.15, -0.1) is 0 Å². The van der Waals surface area contributed by atoms with Crippen molar-refractivity contribution in [2.75, 3.05) is 7.11 Å². The van der Waals surface area contributed by atoms with Crippen molar-refractivity contribution < 1.29 is 13.5 Å². The van der Waals surface area contributed by atoms with E-state index in [1.165, 1.54) is 7.11 Å². The Morgan fingerprint density at radius 2 is 1.83 bits per heavy atom. The third kappa shape index (κ3) is 2.45. The Hall–Kier alpha value is -0.870. The van der Waals surface area contributed by atoms with Crippen molar-refractivity contribution in [2.45, 2.75) is 37.1 Å². The Morgan fingerprint density at radius 3 is 2.39 bits per heavy atom. The molecule has 1 fully saturated rings. The number of nitrogens with two attached hydrogens (primary N) is 1. The minimum absolute atomic E-state index is 0.195. The van der Waals surface area contributed by atoms with E-state index in [1.54, 1.807) is 18.2 Å². The van der Waals surface area contributed by atoms with E-state index < -0.39 is 11.5 Å². The molecule has 0 aliphatic heterocycles. The Morgan fingerprint density at radius 1 is 1.22 bits per heavy atom. The van der Waals surface area contributed by atoms with Crippen LogP contribution < -0.4 is 10.5 Å². The lowest BCUT2D eigenvalue weighted by Crippen LogP contribution is -2.43. The molecule has 0 saturated heterocycles. The summed E-state index contributed by atoms with van der Waals surface area (Å²) in [4.78, 5) is 0. The van der Waals surface area contributed by atoms with Crippen LogP contribution in [0.2, 0.25) is 5.02 Å². The van der Waals surface area contributed by atoms with Crippen molar-refractivity contribution in [2.24, 2.45) is 5.73 Å². The number of alkyl halides is 2. The minimum atomic E-state index is -2.60. The maximum Gasteiger partial charge on any atom is 0.248 e. The standard InChI is InChI=1S/C13H16ClF2NO/c1-18-11-9(3-2-4-10(11)14)12(17)5-7-13(15,16)8-6-12/h2-4H,5-8,17H2,1H3. The molecule has 2 rings (SSSR count). The lowest BCUT2D eigenvalue weighted by molar-refractivity contribution is -0.0516. The van der Waals surface area contributed by atoms with E-state index in [0.29, 0.717) is 16.3 Å². The van der Waals surface area contributed by atoms with Gasteiger partial charge in [0.2, 0.25) is 5.92 Å². The van der Waals surface area contributed by atoms with Crippen molar-refractivity contribution >= 4 is 11.6 Å². The highest BCUT2D eigenvalue weighted by atomic mass is 35.5. The summed E-state index contributed by atoms with van der Waals surface area (Å²) < 4.78 is 31.7. The predicted octanol–water partition coefficient (Wildman–Crippen LogP) is 3.71. The van der Waals surface area contributed by atoms with Crippen LogP contribution in [0.4, 0.5) is 8.78 Å². The zero-order valence-electron chi connectivity index (χ0n) is 10.2. The van der Waals surface area contributed by atoms with Crippen LogP contribution in [0.3, 0.4) is 0 Å². The molecule has 1 aliphatic carbocycles. The second kappa shape index (κ2) is 4.67. The van der Waals surface area contributed by atoms with E-state index in [9.17, 15) is 8.78 Å². The Balaban J connectivity index is 2.34. The summed E-state index contributed by atoms with van der Waals surface area (Å²) in [6, 6.07) is 5.26. The fourth-order valence-electron chi connectivity index (χ4n) is 2.44. The number of hydrogen-bond acceptors (Lipinski definition) is 2. The summed E-state index contributed by atoms with van der Waals surface area (Å²) in [5.41, 5.74) is 6.21. The lowest BCUT2D eigenvalue weighted by Gasteiger charge is -2.38. The lowest BCUT2D eigenvalue weighted by atomic mass is 9.75. The molecule has 0 amide bonds. The molecule has 0 heterocycles. The van der Waals surface area contributed by atoms with Gasteiger partial charge in [-0.05, 0) is 18.9 Å². The van der Waals surface area contributed by atoms with Gasteiger partial charge in [0.1, 0.15) is 5.75 Å². The van der Waals surface area contributed by atoms with Gasteiger partial charge in [0.25, 0.3) is 0 Å². The SMILES string of the molecule is COc1c(Cl)cccc1C1(N)CCC(F)(F)CC1. The van der Waals surface area contributed by atoms with Gasteiger partial charge in [-0.3, -0.25) is 0 Å². The van der Waals surface area contributed by atoms with Crippen LogP contribution in [0.25, 0.3) is 0 Å². The summed E-state index contributed by atoms with van der Waals surface area (Å²) in [5.74, 6) is -2.11. The topological polar surface area (TPSA) is 35.2 Å². The highest BCUT2D eigenvalue weighted by Crippen LogP contribution is 2.46. The summed E-state index contributed by atoms with van der Waals surface area (Å²) in [6.07, 6.45) is 0.0751. The van der Waals surface area contributed by atoms with Crippen molar-refractivity contribution in [3.05, 3.63) is 28.8 Å². The van der Waals surface area contributed by atoms with E-state index in [-0.39, 0.29) is 25.7 Å². The van der Waals surface area contributed by atoms with Crippen LogP contribution in [-0.2, 0) is 5.54 Å². The van der Waals surface area contributed by atoms with Gasteiger partial charge >= 0.3 is 0 Å². The van der Waals surface area contributed by atoms with Gasteiger partial charge in [0, 0.05) is 23.9 Å². The molecular formula is C13H16ClF2NO. The molecule has 18 heavy (non-hydrogen) atoms. The van der Waals surface area contributed by atoms with Gasteiger partial charge in [0.15, 0.2) is 0 Å². The summed E-state index contributed by atoms with van der Waals surface area (Å²) in [5, 5.41) is 0.456. The Bertz CT molecular complexity index is 441. The molecule has 0 unspecified atom stereocenters. The number of ether oxygens (including phenoxy) is 1. The molecular weight excluding hydrogens is 260 g/mol. The number of benzene rings is 1. The molecule has 2 N–H and O–H groups in total. The van der Waals surface area contributed by atoms with Gasteiger partial charge in [-0.2, -0.15) is 0 Å². The summed E-state index contributed by atoms with van der Waals surface area (Å²) in [6.45, 7) is 0. The van der Waals surface area contributed by atoms with Crippen molar-refractivity contribution in [3.8, 4) is 5.75 Å². The average molecular weight is 276 g/mol. The van der Waals surface area contributed by atoms with Crippen LogP contribution in [-0.4, -0.2) is 13.0 Å². The van der Waals surface area contributed by atoms with E-state index >= 15 is 0 Å². The first-order valence-corrected chi connectivity index (χ1v) is 6.25. The highest BCUT2D eigenvalue weighted by Gasteiger charge is 2.43. The monoisotopic (exact) mass is 275 g/mol. The van der Waals surface area contributed by atoms with Crippen LogP contribution in [0, 0.1) is 0 Å². The molecule has 0 bridgehead atoms. The molecule has 2 nitrogen and oxygen atoms in total. The number of methoxy groups -OCH3 is 1. The number of hydrogen-bond donors (Lipinski definition) is 1. The molecule has 0 aromatic heterocycles. The van der Waals surface area contributed by atoms with Crippen molar-refractivity contribution in [1.29, 1.82) is 0 Å². The van der Waals surface area contributed by atoms with Crippen LogP contribution in [0.5, 0.6) is 5.75 Å². The first kappa shape index (κ1) is 13.6. The molecule has 0 atom stereocenters. The largest absolute Gasteiger partial charge is 0.495 e. The predicted molar refractivity (Wildman–Crippen MR) is 67.3 cm³/mol. The first-order valence-electron chi connectivity index (χ1n) is 5.88. The van der Waals surface area contributed by atoms with Crippen LogP contribution in [0.1, 0.15) is 31.2 Å². The first-order chi connectivity index (χ1) is 8.38. The van der Waals surface area contributed by atoms with Crippen LogP contribution in [0.15, 0.2) is 18.2 Å². The zero-order valence-corrected chi connectivity index (χ0v) is 10.9. The minimum Gasteiger partial charge on any atom is -0.495 e. The van der Waals surface area contributed by atoms with Gasteiger partial charge < -0.3 is 10.5 Å². The fraction of sp³-hybridized carbons (Fsp3) is 0.538. The number of para-hydroxylation sites is 1. The maximum atomic E-state index is 13.2. The number of rotatable bonds is 2. The second-order valence-corrected chi connectivity index (χ2v) is 5.24. The Kier molecular flexibility index (Phi) is 3.52. The average Bonchev–Trinajstić information content (AvgIpc) is 2.33. The van der Waals surface area contributed by atoms with Crippen molar-refractivity contribution in [1.82, 2.24) is 0 Å². The van der Waals surface area contributed by atoms with Gasteiger partial charge in [0.05, 0.1) is 12.1 Å². The fourth-order valence-corrected chi connectivity index (χ4v) is 2.69. The summed E-state index contributed by atoms with van der Waals surface area (Å²) >= 11 is 6.04. The smallest absolute Gasteiger partial charge is 0.248 e. The molecule has 1 aliphatic rings. The van der Waals surface area contributed by atoms with Gasteiger partial charge in [-0.1, -0.05) is 23.7 Å². The molecule has 5 heteroatoms. The molecule has 0 radical (unpaired) electrons. The van der Waals surface area contributed by atoms with Gasteiger partial charge in [-0.25, -0.2) is 8.78 Å². The molecule has 1 aromatic carbocycles. The molecule has 100 valence electrons. The molecule has 1 saturated carbocycles. The number of halogens is 3. The highest BCUT2D eigenvalue weighted by molar-refractivity contribution is 6.32. The Labute approximate surface area is 110 Å². The third-order valence-electron chi connectivity index (χ3n) is 3.58. The second-order valence-electron chi connectivity index (χ2n) is 4.83. The third-order valence-corrected chi connectivity index (χ3v) is 3.88.